The topological polar surface area (TPSA) is 61.5 Å². The lowest BCUT2D eigenvalue weighted by atomic mass is 10.1. The molecule has 4 nitrogen and oxygen atoms in total. The molecule has 0 unspecified atom stereocenters. The Bertz CT molecular complexity index is 439. The van der Waals surface area contributed by atoms with E-state index < -0.39 is 5.97 Å². The molecule has 1 fully saturated rings. The molecule has 0 aliphatic heterocycles. The molecule has 0 heterocycles. The van der Waals surface area contributed by atoms with Crippen LogP contribution in [0, 0.1) is 5.92 Å². The van der Waals surface area contributed by atoms with Gasteiger partial charge in [-0.25, -0.2) is 4.79 Å². The van der Waals surface area contributed by atoms with Gasteiger partial charge in [0.25, 0.3) is 0 Å². The van der Waals surface area contributed by atoms with Crippen LogP contribution >= 0.6 is 0 Å². The number of rotatable bonds is 5. The van der Waals surface area contributed by atoms with Gasteiger partial charge in [0.1, 0.15) is 11.3 Å². The van der Waals surface area contributed by atoms with E-state index in [1.807, 2.05) is 0 Å². The Labute approximate surface area is 113 Å². The minimum Gasteiger partial charge on any atom is -0.493 e. The summed E-state index contributed by atoms with van der Waals surface area (Å²) >= 11 is 0. The van der Waals surface area contributed by atoms with Crippen molar-refractivity contribution in [2.75, 3.05) is 19.5 Å². The molecule has 1 saturated carbocycles. The fourth-order valence-electron chi connectivity index (χ4n) is 2.58. The maximum absolute atomic E-state index is 11.6. The van der Waals surface area contributed by atoms with E-state index in [1.165, 1.54) is 32.8 Å². The van der Waals surface area contributed by atoms with Gasteiger partial charge in [-0.1, -0.05) is 25.7 Å². The van der Waals surface area contributed by atoms with Crippen LogP contribution in [0.2, 0.25) is 0 Å². The zero-order valence-corrected chi connectivity index (χ0v) is 11.4. The third kappa shape index (κ3) is 3.63. The smallest absolute Gasteiger partial charge is 0.341 e. The predicted octanol–water partition coefficient (Wildman–Crippen LogP) is 3.01. The summed E-state index contributed by atoms with van der Waals surface area (Å²) in [7, 11) is 1.35. The summed E-state index contributed by atoms with van der Waals surface area (Å²) in [5, 5.41) is 0. The van der Waals surface area contributed by atoms with Crippen LogP contribution in [-0.2, 0) is 4.74 Å². The van der Waals surface area contributed by atoms with E-state index in [0.29, 0.717) is 23.6 Å². The summed E-state index contributed by atoms with van der Waals surface area (Å²) in [5.41, 5.74) is 6.61. The van der Waals surface area contributed by atoms with Gasteiger partial charge in [0.05, 0.1) is 13.7 Å². The lowest BCUT2D eigenvalue weighted by Crippen LogP contribution is -2.09. The highest BCUT2D eigenvalue weighted by atomic mass is 16.5. The third-order valence-corrected chi connectivity index (χ3v) is 3.67. The Morgan fingerprint density at radius 3 is 2.79 bits per heavy atom. The van der Waals surface area contributed by atoms with Crippen molar-refractivity contribution in [1.29, 1.82) is 0 Å². The second-order valence-corrected chi connectivity index (χ2v) is 5.03. The standard InChI is InChI=1S/C15H21NO3/c1-18-15(17)13-10-12(16)6-7-14(13)19-9-8-11-4-2-3-5-11/h6-7,10-11H,2-5,8-9,16H2,1H3. The average Bonchev–Trinajstić information content (AvgIpc) is 2.92. The SMILES string of the molecule is COC(=O)c1cc(N)ccc1OCCC1CCCC1. The number of carbonyl (C=O) groups excluding carboxylic acids is 1. The van der Waals surface area contributed by atoms with E-state index in [2.05, 4.69) is 0 Å². The fourth-order valence-corrected chi connectivity index (χ4v) is 2.58. The van der Waals surface area contributed by atoms with Gasteiger partial charge in [0.2, 0.25) is 0 Å². The van der Waals surface area contributed by atoms with Gasteiger partial charge in [0.15, 0.2) is 0 Å². The Hall–Kier alpha value is -1.71. The van der Waals surface area contributed by atoms with Crippen LogP contribution in [-0.4, -0.2) is 19.7 Å². The molecule has 2 N–H and O–H groups in total. The molecule has 1 aromatic rings. The molecule has 0 saturated heterocycles. The molecule has 0 amide bonds. The number of anilines is 1. The van der Waals surface area contributed by atoms with Gasteiger partial charge in [-0.2, -0.15) is 0 Å². The molecule has 2 rings (SSSR count). The van der Waals surface area contributed by atoms with Gasteiger partial charge in [-0.15, -0.1) is 0 Å². The zero-order valence-electron chi connectivity index (χ0n) is 11.4. The van der Waals surface area contributed by atoms with Gasteiger partial charge < -0.3 is 15.2 Å². The molecule has 0 bridgehead atoms. The van der Waals surface area contributed by atoms with Crippen molar-refractivity contribution in [1.82, 2.24) is 0 Å². The zero-order chi connectivity index (χ0) is 13.7. The molecule has 1 aromatic carbocycles. The van der Waals surface area contributed by atoms with E-state index in [9.17, 15) is 4.79 Å². The van der Waals surface area contributed by atoms with E-state index >= 15 is 0 Å². The summed E-state index contributed by atoms with van der Waals surface area (Å²) in [6, 6.07) is 5.06. The molecule has 0 atom stereocenters. The van der Waals surface area contributed by atoms with Crippen LogP contribution < -0.4 is 10.5 Å². The number of esters is 1. The number of carbonyl (C=O) groups is 1. The number of benzene rings is 1. The normalized spacial score (nSPS) is 15.4. The van der Waals surface area contributed by atoms with Crippen molar-refractivity contribution in [3.8, 4) is 5.75 Å². The first-order chi connectivity index (χ1) is 9.20. The van der Waals surface area contributed by atoms with Crippen LogP contribution in [0.1, 0.15) is 42.5 Å². The van der Waals surface area contributed by atoms with Crippen LogP contribution in [0.4, 0.5) is 5.69 Å². The maximum Gasteiger partial charge on any atom is 0.341 e. The van der Waals surface area contributed by atoms with Crippen LogP contribution in [0.3, 0.4) is 0 Å². The van der Waals surface area contributed by atoms with Crippen molar-refractivity contribution >= 4 is 11.7 Å². The Morgan fingerprint density at radius 2 is 2.11 bits per heavy atom. The van der Waals surface area contributed by atoms with Crippen LogP contribution in [0.25, 0.3) is 0 Å². The number of nitrogen functional groups attached to an aromatic ring is 1. The first-order valence-corrected chi connectivity index (χ1v) is 6.81. The first-order valence-electron chi connectivity index (χ1n) is 6.81. The van der Waals surface area contributed by atoms with E-state index in [4.69, 9.17) is 15.2 Å². The number of ether oxygens (including phenoxy) is 2. The largest absolute Gasteiger partial charge is 0.493 e. The van der Waals surface area contributed by atoms with Crippen molar-refractivity contribution < 1.29 is 14.3 Å². The summed E-state index contributed by atoms with van der Waals surface area (Å²) in [4.78, 5) is 11.6. The van der Waals surface area contributed by atoms with Crippen molar-refractivity contribution in [3.63, 3.8) is 0 Å². The van der Waals surface area contributed by atoms with Gasteiger partial charge >= 0.3 is 5.97 Å². The van der Waals surface area contributed by atoms with Gasteiger partial charge in [0, 0.05) is 5.69 Å². The molecule has 0 radical (unpaired) electrons. The number of hydrogen-bond acceptors (Lipinski definition) is 4. The molecule has 0 aromatic heterocycles. The molecular formula is C15H21NO3. The van der Waals surface area contributed by atoms with Gasteiger partial charge in [-0.05, 0) is 30.5 Å². The van der Waals surface area contributed by atoms with Crippen LogP contribution in [0.15, 0.2) is 18.2 Å². The summed E-state index contributed by atoms with van der Waals surface area (Å²) in [5.74, 6) is 0.914. The Balaban J connectivity index is 1.96. The van der Waals surface area contributed by atoms with Crippen LogP contribution in [0.5, 0.6) is 5.75 Å². The highest BCUT2D eigenvalue weighted by Gasteiger charge is 2.16. The molecule has 0 spiro atoms. The molecule has 1 aliphatic carbocycles. The lowest BCUT2D eigenvalue weighted by molar-refractivity contribution is 0.0596. The highest BCUT2D eigenvalue weighted by Crippen LogP contribution is 2.28. The molecule has 4 heteroatoms. The van der Waals surface area contributed by atoms with E-state index in [1.54, 1.807) is 18.2 Å². The number of nitrogens with two attached hydrogens (primary N) is 1. The fraction of sp³-hybridized carbons (Fsp3) is 0.533. The summed E-state index contributed by atoms with van der Waals surface area (Å²) in [6.45, 7) is 0.637. The number of methoxy groups -OCH3 is 1. The average molecular weight is 263 g/mol. The Morgan fingerprint density at radius 1 is 1.37 bits per heavy atom. The Kier molecular flexibility index (Phi) is 4.66. The van der Waals surface area contributed by atoms with E-state index in [-0.39, 0.29) is 0 Å². The van der Waals surface area contributed by atoms with Crippen molar-refractivity contribution in [2.45, 2.75) is 32.1 Å². The monoisotopic (exact) mass is 263 g/mol. The molecule has 19 heavy (non-hydrogen) atoms. The van der Waals surface area contributed by atoms with Crippen molar-refractivity contribution in [2.24, 2.45) is 5.92 Å². The van der Waals surface area contributed by atoms with Gasteiger partial charge in [-0.3, -0.25) is 0 Å². The lowest BCUT2D eigenvalue weighted by Gasteiger charge is -2.13. The quantitative estimate of drug-likeness (QED) is 0.655. The summed E-state index contributed by atoms with van der Waals surface area (Å²) in [6.07, 6.45) is 6.31. The van der Waals surface area contributed by atoms with Crippen molar-refractivity contribution in [3.05, 3.63) is 23.8 Å². The second kappa shape index (κ2) is 6.45. The van der Waals surface area contributed by atoms with E-state index in [0.717, 1.165) is 12.3 Å². The molecule has 1 aliphatic rings. The summed E-state index contributed by atoms with van der Waals surface area (Å²) < 4.78 is 10.5. The second-order valence-electron chi connectivity index (χ2n) is 5.03. The minimum absolute atomic E-state index is 0.397. The third-order valence-electron chi connectivity index (χ3n) is 3.67. The molecular weight excluding hydrogens is 242 g/mol. The first kappa shape index (κ1) is 13.7. The number of hydrogen-bond donors (Lipinski definition) is 1. The molecule has 104 valence electrons. The predicted molar refractivity (Wildman–Crippen MR) is 74.3 cm³/mol. The minimum atomic E-state index is -0.414. The highest BCUT2D eigenvalue weighted by molar-refractivity contribution is 5.93. The maximum atomic E-state index is 11.6.